The molecule has 17 heavy (non-hydrogen) atoms. The van der Waals surface area contributed by atoms with Gasteiger partial charge >= 0.3 is 0 Å². The van der Waals surface area contributed by atoms with Gasteiger partial charge in [0.2, 0.25) is 0 Å². The van der Waals surface area contributed by atoms with E-state index in [1.54, 1.807) is 11.3 Å². The molecule has 1 unspecified atom stereocenters. The molecule has 0 radical (unpaired) electrons. The maximum atomic E-state index is 5.69. The van der Waals surface area contributed by atoms with Gasteiger partial charge < -0.3 is 10.1 Å². The van der Waals surface area contributed by atoms with Crippen molar-refractivity contribution < 1.29 is 4.74 Å². The molecule has 2 aromatic rings. The molecule has 4 heteroatoms. The highest BCUT2D eigenvalue weighted by Gasteiger charge is 2.27. The predicted molar refractivity (Wildman–Crippen MR) is 68.7 cm³/mol. The molecule has 0 amide bonds. The van der Waals surface area contributed by atoms with Crippen molar-refractivity contribution in [2.24, 2.45) is 0 Å². The van der Waals surface area contributed by atoms with Gasteiger partial charge in [-0.05, 0) is 13.1 Å². The summed E-state index contributed by atoms with van der Waals surface area (Å²) in [5, 5.41) is 4.30. The van der Waals surface area contributed by atoms with E-state index in [0.29, 0.717) is 12.5 Å². The van der Waals surface area contributed by atoms with Crippen molar-refractivity contribution >= 4 is 11.3 Å². The van der Waals surface area contributed by atoms with E-state index < -0.39 is 0 Å². The Hall–Kier alpha value is -1.39. The molecule has 0 spiro atoms. The summed E-state index contributed by atoms with van der Waals surface area (Å²) < 4.78 is 5.69. The number of fused-ring (bicyclic) bond motifs is 1. The Balaban J connectivity index is 1.90. The van der Waals surface area contributed by atoms with Crippen LogP contribution in [0.3, 0.4) is 0 Å². The molecule has 0 saturated carbocycles. The zero-order valence-electron chi connectivity index (χ0n) is 9.64. The largest absolute Gasteiger partial charge is 0.492 e. The van der Waals surface area contributed by atoms with Gasteiger partial charge in [0.05, 0.1) is 5.92 Å². The number of hydrogen-bond donors (Lipinski definition) is 1. The van der Waals surface area contributed by atoms with Crippen LogP contribution in [0, 0.1) is 0 Å². The zero-order valence-corrected chi connectivity index (χ0v) is 10.5. The van der Waals surface area contributed by atoms with Crippen molar-refractivity contribution in [2.45, 2.75) is 12.5 Å². The minimum Gasteiger partial charge on any atom is -0.492 e. The van der Waals surface area contributed by atoms with Crippen LogP contribution in [0.25, 0.3) is 0 Å². The van der Waals surface area contributed by atoms with Crippen molar-refractivity contribution in [3.63, 3.8) is 0 Å². The smallest absolute Gasteiger partial charge is 0.123 e. The molecule has 0 fully saturated rings. The van der Waals surface area contributed by atoms with E-state index >= 15 is 0 Å². The molecule has 1 N–H and O–H groups in total. The fraction of sp³-hybridized carbons (Fsp3) is 0.308. The molecule has 2 heterocycles. The fourth-order valence-corrected chi connectivity index (χ4v) is 3.14. The first kappa shape index (κ1) is 10.7. The molecule has 1 atom stereocenters. The van der Waals surface area contributed by atoms with E-state index in [1.165, 1.54) is 10.4 Å². The Morgan fingerprint density at radius 3 is 3.24 bits per heavy atom. The van der Waals surface area contributed by atoms with Crippen molar-refractivity contribution in [3.05, 3.63) is 45.9 Å². The Labute approximate surface area is 104 Å². The van der Waals surface area contributed by atoms with Gasteiger partial charge in [-0.15, -0.1) is 11.3 Å². The van der Waals surface area contributed by atoms with Crippen LogP contribution < -0.4 is 10.1 Å². The van der Waals surface area contributed by atoms with Gasteiger partial charge in [-0.1, -0.05) is 18.2 Å². The molecule has 88 valence electrons. The second-order valence-corrected chi connectivity index (χ2v) is 5.24. The first-order chi connectivity index (χ1) is 8.38. The van der Waals surface area contributed by atoms with Crippen LogP contribution in [0.15, 0.2) is 30.5 Å². The highest BCUT2D eigenvalue weighted by molar-refractivity contribution is 7.11. The second-order valence-electron chi connectivity index (χ2n) is 4.10. The summed E-state index contributed by atoms with van der Waals surface area (Å²) in [4.78, 5) is 5.78. The molecule has 3 nitrogen and oxygen atoms in total. The molecule has 0 aliphatic carbocycles. The van der Waals surface area contributed by atoms with Crippen molar-refractivity contribution in [1.29, 1.82) is 0 Å². The molecule has 1 aromatic carbocycles. The minimum absolute atomic E-state index is 0.307. The number of nitrogens with zero attached hydrogens (tertiary/aromatic N) is 1. The number of nitrogens with one attached hydrogen (secondary N) is 1. The van der Waals surface area contributed by atoms with E-state index in [9.17, 15) is 0 Å². The predicted octanol–water partition coefficient (Wildman–Crippen LogP) is 2.39. The second kappa shape index (κ2) is 4.47. The number of hydrogen-bond acceptors (Lipinski definition) is 4. The van der Waals surface area contributed by atoms with Gasteiger partial charge in [-0.3, -0.25) is 0 Å². The molecular formula is C13H14N2OS. The maximum Gasteiger partial charge on any atom is 0.123 e. The van der Waals surface area contributed by atoms with E-state index in [4.69, 9.17) is 4.74 Å². The number of para-hydroxylation sites is 1. The average Bonchev–Trinajstić information content (AvgIpc) is 2.95. The van der Waals surface area contributed by atoms with E-state index in [1.807, 2.05) is 25.4 Å². The van der Waals surface area contributed by atoms with Crippen LogP contribution in [0.5, 0.6) is 5.75 Å². The van der Waals surface area contributed by atoms with Gasteiger partial charge in [-0.25, -0.2) is 4.98 Å². The highest BCUT2D eigenvalue weighted by Crippen LogP contribution is 2.39. The summed E-state index contributed by atoms with van der Waals surface area (Å²) in [6, 6.07) is 8.22. The highest BCUT2D eigenvalue weighted by atomic mass is 32.1. The summed E-state index contributed by atoms with van der Waals surface area (Å²) in [5.41, 5.74) is 1.26. The van der Waals surface area contributed by atoms with Crippen LogP contribution in [-0.2, 0) is 6.54 Å². The van der Waals surface area contributed by atoms with Gasteiger partial charge in [0, 0.05) is 23.2 Å². The molecule has 0 saturated heterocycles. The quantitative estimate of drug-likeness (QED) is 0.903. The van der Waals surface area contributed by atoms with Crippen LogP contribution in [0.4, 0.5) is 0 Å². The lowest BCUT2D eigenvalue weighted by molar-refractivity contribution is 0.343. The van der Waals surface area contributed by atoms with Crippen LogP contribution in [-0.4, -0.2) is 18.6 Å². The van der Waals surface area contributed by atoms with Gasteiger partial charge in [0.25, 0.3) is 0 Å². The van der Waals surface area contributed by atoms with Gasteiger partial charge in [0.15, 0.2) is 0 Å². The zero-order chi connectivity index (χ0) is 11.7. The number of rotatable bonds is 3. The third-order valence-electron chi connectivity index (χ3n) is 2.92. The summed E-state index contributed by atoms with van der Waals surface area (Å²) >= 11 is 1.76. The normalized spacial score (nSPS) is 17.8. The molecule has 1 aliphatic rings. The summed E-state index contributed by atoms with van der Waals surface area (Å²) in [6.07, 6.45) is 1.96. The third-order valence-corrected chi connectivity index (χ3v) is 4.03. The number of benzene rings is 1. The maximum absolute atomic E-state index is 5.69. The topological polar surface area (TPSA) is 34.2 Å². The van der Waals surface area contributed by atoms with E-state index in [-0.39, 0.29) is 0 Å². The Bertz CT molecular complexity index is 524. The van der Waals surface area contributed by atoms with Gasteiger partial charge in [0.1, 0.15) is 17.4 Å². The number of aromatic nitrogens is 1. The first-order valence-corrected chi connectivity index (χ1v) is 6.51. The van der Waals surface area contributed by atoms with Crippen molar-refractivity contribution in [3.8, 4) is 5.75 Å². The standard InChI is InChI=1S/C13H14N2OS/c1-14-6-9-7-15-13(17-9)11-8-16-12-5-3-2-4-10(11)12/h2-5,7,11,14H,6,8H2,1H3. The fourth-order valence-electron chi connectivity index (χ4n) is 2.11. The Kier molecular flexibility index (Phi) is 2.82. The molecule has 1 aromatic heterocycles. The first-order valence-electron chi connectivity index (χ1n) is 5.69. The Morgan fingerprint density at radius 1 is 1.47 bits per heavy atom. The monoisotopic (exact) mass is 246 g/mol. The minimum atomic E-state index is 0.307. The average molecular weight is 246 g/mol. The number of ether oxygens (including phenoxy) is 1. The summed E-state index contributed by atoms with van der Waals surface area (Å²) in [7, 11) is 1.95. The van der Waals surface area contributed by atoms with Crippen molar-refractivity contribution in [1.82, 2.24) is 10.3 Å². The molecule has 1 aliphatic heterocycles. The number of thiazole rings is 1. The SMILES string of the molecule is CNCc1cnc(C2COc3ccccc32)s1. The van der Waals surface area contributed by atoms with Crippen LogP contribution in [0.1, 0.15) is 21.4 Å². The Morgan fingerprint density at radius 2 is 2.35 bits per heavy atom. The summed E-state index contributed by atoms with van der Waals surface area (Å²) in [5.74, 6) is 1.31. The summed E-state index contributed by atoms with van der Waals surface area (Å²) in [6.45, 7) is 1.60. The molecule has 0 bridgehead atoms. The lowest BCUT2D eigenvalue weighted by Gasteiger charge is -2.03. The van der Waals surface area contributed by atoms with E-state index in [2.05, 4.69) is 22.4 Å². The molecular weight excluding hydrogens is 232 g/mol. The van der Waals surface area contributed by atoms with E-state index in [0.717, 1.165) is 17.3 Å². The third kappa shape index (κ3) is 1.94. The van der Waals surface area contributed by atoms with Crippen LogP contribution in [0.2, 0.25) is 0 Å². The molecule has 3 rings (SSSR count). The van der Waals surface area contributed by atoms with Crippen molar-refractivity contribution in [2.75, 3.05) is 13.7 Å². The lowest BCUT2D eigenvalue weighted by atomic mass is 10.0. The van der Waals surface area contributed by atoms with Crippen LogP contribution >= 0.6 is 11.3 Å². The lowest BCUT2D eigenvalue weighted by Crippen LogP contribution is -2.03. The van der Waals surface area contributed by atoms with Gasteiger partial charge in [-0.2, -0.15) is 0 Å².